The van der Waals surface area contributed by atoms with Crippen molar-refractivity contribution in [2.24, 2.45) is 0 Å². The van der Waals surface area contributed by atoms with Gasteiger partial charge in [-0.25, -0.2) is 0 Å². The number of hydrogen-bond donors (Lipinski definition) is 2. The van der Waals surface area contributed by atoms with Crippen LogP contribution < -0.4 is 10.6 Å². The Kier molecular flexibility index (Phi) is 22.8. The van der Waals surface area contributed by atoms with E-state index < -0.39 is 29.7 Å². The van der Waals surface area contributed by atoms with Gasteiger partial charge in [0.15, 0.2) is 0 Å². The van der Waals surface area contributed by atoms with Crippen molar-refractivity contribution in [2.45, 2.75) is 18.9 Å². The van der Waals surface area contributed by atoms with Gasteiger partial charge in [0, 0.05) is 30.8 Å². The summed E-state index contributed by atoms with van der Waals surface area (Å²) >= 11 is 0. The minimum atomic E-state index is -1.02. The van der Waals surface area contributed by atoms with E-state index >= 15 is 0 Å². The molecule has 59 heavy (non-hydrogen) atoms. The van der Waals surface area contributed by atoms with Crippen molar-refractivity contribution >= 4 is 41.1 Å². The summed E-state index contributed by atoms with van der Waals surface area (Å²) in [5.74, 6) is -2.83. The van der Waals surface area contributed by atoms with Crippen molar-refractivity contribution in [3.8, 4) is 0 Å². The van der Waals surface area contributed by atoms with Crippen LogP contribution in [0.25, 0.3) is 0 Å². The number of hydrogen-bond acceptors (Lipinski definition) is 17. The van der Waals surface area contributed by atoms with E-state index in [-0.39, 0.29) is 48.9 Å². The van der Waals surface area contributed by atoms with Gasteiger partial charge < -0.3 is 52.7 Å². The van der Waals surface area contributed by atoms with E-state index in [1.807, 2.05) is 0 Å². The predicted octanol–water partition coefficient (Wildman–Crippen LogP) is -0.409. The fraction of sp³-hybridized carbons (Fsp3) is 0.641. The van der Waals surface area contributed by atoms with E-state index in [0.717, 1.165) is 9.80 Å². The first-order valence-electron chi connectivity index (χ1n) is 19.8. The molecular formula is C39H56N4O16. The quantitative estimate of drug-likeness (QED) is 0.0655. The zero-order valence-corrected chi connectivity index (χ0v) is 33.4. The first-order chi connectivity index (χ1) is 28.9. The summed E-state index contributed by atoms with van der Waals surface area (Å²) in [5, 5.41) is 5.32. The SMILES string of the molecule is O=C1CCC(N2C(=O)c3cccc(NCCOCCOCCOCCOCCOCCOCCOCCOCCOCCOCCN4C(=O)C=CC4=O)c3C2=O)C(=O)N1. The lowest BCUT2D eigenvalue weighted by molar-refractivity contribution is -0.138. The van der Waals surface area contributed by atoms with Crippen LogP contribution in [0.4, 0.5) is 5.69 Å². The monoisotopic (exact) mass is 836 g/mol. The van der Waals surface area contributed by atoms with Gasteiger partial charge in [0.05, 0.1) is 150 Å². The zero-order valence-electron chi connectivity index (χ0n) is 33.4. The van der Waals surface area contributed by atoms with E-state index in [9.17, 15) is 28.8 Å². The third kappa shape index (κ3) is 17.1. The van der Waals surface area contributed by atoms with E-state index in [0.29, 0.717) is 138 Å². The van der Waals surface area contributed by atoms with E-state index in [1.54, 1.807) is 18.2 Å². The van der Waals surface area contributed by atoms with Crippen LogP contribution in [0.15, 0.2) is 30.4 Å². The van der Waals surface area contributed by atoms with Gasteiger partial charge in [0.1, 0.15) is 6.04 Å². The predicted molar refractivity (Wildman–Crippen MR) is 206 cm³/mol. The van der Waals surface area contributed by atoms with Gasteiger partial charge in [0.25, 0.3) is 23.6 Å². The molecule has 3 aliphatic heterocycles. The molecule has 0 spiro atoms. The number of anilines is 1. The van der Waals surface area contributed by atoms with E-state index in [1.165, 1.54) is 12.2 Å². The molecular weight excluding hydrogens is 780 g/mol. The third-order valence-corrected chi connectivity index (χ3v) is 8.74. The number of nitrogens with one attached hydrogen (secondary N) is 2. The molecule has 0 aliphatic carbocycles. The van der Waals surface area contributed by atoms with E-state index in [4.69, 9.17) is 47.4 Å². The highest BCUT2D eigenvalue weighted by Crippen LogP contribution is 2.32. The highest BCUT2D eigenvalue weighted by molar-refractivity contribution is 6.25. The van der Waals surface area contributed by atoms with Gasteiger partial charge >= 0.3 is 0 Å². The van der Waals surface area contributed by atoms with Crippen molar-refractivity contribution in [1.82, 2.24) is 15.1 Å². The molecule has 3 heterocycles. The Bertz CT molecular complexity index is 1510. The Balaban J connectivity index is 0.821. The lowest BCUT2D eigenvalue weighted by Crippen LogP contribution is -2.54. The van der Waals surface area contributed by atoms with Gasteiger partial charge in [-0.1, -0.05) is 6.07 Å². The molecule has 1 aromatic carbocycles. The average molecular weight is 837 g/mol. The maximum Gasteiger partial charge on any atom is 0.264 e. The van der Waals surface area contributed by atoms with Crippen LogP contribution in [0.2, 0.25) is 0 Å². The number of imide groups is 3. The first kappa shape index (κ1) is 47.5. The van der Waals surface area contributed by atoms with Gasteiger partial charge in [0.2, 0.25) is 11.8 Å². The molecule has 6 amide bonds. The summed E-state index contributed by atoms with van der Waals surface area (Å²) < 4.78 is 54.7. The molecule has 1 saturated heterocycles. The second-order valence-electron chi connectivity index (χ2n) is 12.9. The van der Waals surface area contributed by atoms with Crippen LogP contribution in [0, 0.1) is 0 Å². The van der Waals surface area contributed by atoms with Gasteiger partial charge in [-0.05, 0) is 18.6 Å². The molecule has 0 radical (unpaired) electrons. The first-order valence-corrected chi connectivity index (χ1v) is 19.8. The van der Waals surface area contributed by atoms with E-state index in [2.05, 4.69) is 10.6 Å². The number of fused-ring (bicyclic) bond motifs is 1. The number of ether oxygens (including phenoxy) is 10. The number of nitrogens with zero attached hydrogens (tertiary/aromatic N) is 2. The van der Waals surface area contributed by atoms with Crippen molar-refractivity contribution in [3.05, 3.63) is 41.5 Å². The number of amides is 6. The smallest absolute Gasteiger partial charge is 0.264 e. The van der Waals surface area contributed by atoms with Gasteiger partial charge in [-0.3, -0.25) is 43.9 Å². The summed E-state index contributed by atoms with van der Waals surface area (Å²) in [5.41, 5.74) is 0.888. The molecule has 1 fully saturated rings. The summed E-state index contributed by atoms with van der Waals surface area (Å²) in [6.07, 6.45) is 2.65. The molecule has 3 aliphatic rings. The molecule has 1 aromatic rings. The number of benzene rings is 1. The molecule has 20 heteroatoms. The summed E-state index contributed by atoms with van der Waals surface area (Å²) in [6, 6.07) is 3.88. The third-order valence-electron chi connectivity index (χ3n) is 8.74. The number of rotatable bonds is 35. The normalized spacial score (nSPS) is 16.5. The summed E-state index contributed by atoms with van der Waals surface area (Å²) in [4.78, 5) is 74.9. The molecule has 0 bridgehead atoms. The summed E-state index contributed by atoms with van der Waals surface area (Å²) in [6.45, 7) is 8.83. The number of carbonyl (C=O) groups excluding carboxylic acids is 6. The highest BCUT2D eigenvalue weighted by atomic mass is 16.6. The maximum absolute atomic E-state index is 13.2. The fourth-order valence-corrected chi connectivity index (χ4v) is 5.81. The topological polar surface area (TPSA) is 225 Å². The largest absolute Gasteiger partial charge is 0.382 e. The Morgan fingerprint density at radius 1 is 0.542 bits per heavy atom. The fourth-order valence-electron chi connectivity index (χ4n) is 5.81. The zero-order chi connectivity index (χ0) is 41.9. The van der Waals surface area contributed by atoms with Crippen molar-refractivity contribution in [3.63, 3.8) is 0 Å². The second kappa shape index (κ2) is 28.3. The van der Waals surface area contributed by atoms with Crippen LogP contribution in [-0.2, 0) is 66.5 Å². The van der Waals surface area contributed by atoms with Gasteiger partial charge in [-0.15, -0.1) is 0 Å². The van der Waals surface area contributed by atoms with Crippen LogP contribution >= 0.6 is 0 Å². The molecule has 1 atom stereocenters. The van der Waals surface area contributed by atoms with Gasteiger partial charge in [-0.2, -0.15) is 0 Å². The highest BCUT2D eigenvalue weighted by Gasteiger charge is 2.45. The Hall–Kier alpha value is -4.22. The molecule has 0 aromatic heterocycles. The van der Waals surface area contributed by atoms with Crippen LogP contribution in [0.5, 0.6) is 0 Å². The Morgan fingerprint density at radius 2 is 0.966 bits per heavy atom. The van der Waals surface area contributed by atoms with Crippen LogP contribution in [0.1, 0.15) is 33.6 Å². The molecule has 20 nitrogen and oxygen atoms in total. The Morgan fingerprint density at radius 3 is 1.41 bits per heavy atom. The van der Waals surface area contributed by atoms with Crippen LogP contribution in [0.3, 0.4) is 0 Å². The molecule has 0 saturated carbocycles. The minimum Gasteiger partial charge on any atom is -0.382 e. The van der Waals surface area contributed by atoms with Crippen molar-refractivity contribution in [1.29, 1.82) is 0 Å². The second-order valence-corrected chi connectivity index (χ2v) is 12.9. The number of carbonyl (C=O) groups is 6. The van der Waals surface area contributed by atoms with Crippen molar-refractivity contribution < 1.29 is 76.1 Å². The lowest BCUT2D eigenvalue weighted by Gasteiger charge is -2.27. The molecule has 328 valence electrons. The van der Waals surface area contributed by atoms with Crippen LogP contribution in [-0.4, -0.2) is 197 Å². The van der Waals surface area contributed by atoms with Crippen molar-refractivity contribution in [2.75, 3.05) is 151 Å². The molecule has 1 unspecified atom stereocenters. The lowest BCUT2D eigenvalue weighted by atomic mass is 10.0. The average Bonchev–Trinajstić information content (AvgIpc) is 3.68. The minimum absolute atomic E-state index is 0.0602. The standard InChI is InChI=1S/C39H56N4O16/c44-33-5-4-32(37(47)41-33)43-38(48)30-2-1-3-31(36(30)39(43)49)40-8-10-50-12-14-52-16-18-54-20-22-56-24-26-58-28-29-59-27-25-57-23-21-55-19-17-53-15-13-51-11-9-42-34(45)6-7-35(42)46/h1-3,6-7,32,40H,4-5,8-29H2,(H,41,44,47). The molecule has 4 rings (SSSR count). The number of piperidine rings is 1. The Labute approximate surface area is 342 Å². The maximum atomic E-state index is 13.2. The molecule has 2 N–H and O–H groups in total. The summed E-state index contributed by atoms with van der Waals surface area (Å²) in [7, 11) is 0.